The van der Waals surface area contributed by atoms with E-state index in [4.69, 9.17) is 4.74 Å². The van der Waals surface area contributed by atoms with E-state index in [0.29, 0.717) is 22.1 Å². The number of para-hydroxylation sites is 1. The van der Waals surface area contributed by atoms with E-state index in [9.17, 15) is 18.0 Å². The highest BCUT2D eigenvalue weighted by Crippen LogP contribution is 2.41. The van der Waals surface area contributed by atoms with Crippen LogP contribution in [0.25, 0.3) is 33.2 Å². The molecule has 0 aliphatic carbocycles. The number of carbonyl (C=O) groups excluding carboxylic acids is 1. The molecule has 4 rings (SSSR count). The Morgan fingerprint density at radius 3 is 2.38 bits per heavy atom. The van der Waals surface area contributed by atoms with Crippen LogP contribution in [0, 0.1) is 0 Å². The highest BCUT2D eigenvalue weighted by molar-refractivity contribution is 6.03. The summed E-state index contributed by atoms with van der Waals surface area (Å²) in [6.07, 6.45) is -2.96. The molecule has 0 fully saturated rings. The highest BCUT2D eigenvalue weighted by atomic mass is 19.4. The number of carbonyl (C=O) groups is 1. The van der Waals surface area contributed by atoms with Crippen molar-refractivity contribution in [2.24, 2.45) is 0 Å². The van der Waals surface area contributed by atoms with Crippen molar-refractivity contribution in [1.29, 1.82) is 0 Å². The largest absolute Gasteiger partial charge is 0.466 e. The van der Waals surface area contributed by atoms with Crippen LogP contribution in [0.1, 0.15) is 18.1 Å². The number of aromatic nitrogens is 1. The van der Waals surface area contributed by atoms with E-state index in [1.54, 1.807) is 25.1 Å². The number of hydrogen-bond donors (Lipinski definition) is 0. The maximum Gasteiger partial charge on any atom is 0.418 e. The molecule has 0 amide bonds. The SMILES string of the molecule is CCOC(=O)Cc1cccc(-c2c(-c3ccccc3)cnc3c(C(F)(F)F)cccc23)c1. The lowest BCUT2D eigenvalue weighted by atomic mass is 9.90. The van der Waals surface area contributed by atoms with Crippen molar-refractivity contribution in [3.8, 4) is 22.3 Å². The van der Waals surface area contributed by atoms with Gasteiger partial charge in [-0.2, -0.15) is 13.2 Å². The summed E-state index contributed by atoms with van der Waals surface area (Å²) in [5.41, 5.74) is 2.73. The lowest BCUT2D eigenvalue weighted by Crippen LogP contribution is -2.08. The van der Waals surface area contributed by atoms with Gasteiger partial charge in [0.15, 0.2) is 0 Å². The van der Waals surface area contributed by atoms with Gasteiger partial charge >= 0.3 is 12.1 Å². The van der Waals surface area contributed by atoms with Crippen LogP contribution in [0.15, 0.2) is 79.0 Å². The summed E-state index contributed by atoms with van der Waals surface area (Å²) in [7, 11) is 0. The molecule has 0 radical (unpaired) electrons. The number of benzene rings is 3. The lowest BCUT2D eigenvalue weighted by Gasteiger charge is -2.17. The standard InChI is InChI=1S/C26H20F3NO2/c1-2-32-23(31)15-17-8-6-11-19(14-17)24-20-12-7-13-22(26(27,28)29)25(20)30-16-21(24)18-9-4-3-5-10-18/h3-14,16H,2,15H2,1H3. The van der Waals surface area contributed by atoms with Gasteiger partial charge in [-0.05, 0) is 29.7 Å². The van der Waals surface area contributed by atoms with Gasteiger partial charge < -0.3 is 4.74 Å². The number of esters is 1. The van der Waals surface area contributed by atoms with Crippen LogP contribution in [0.5, 0.6) is 0 Å². The average molecular weight is 435 g/mol. The van der Waals surface area contributed by atoms with Crippen molar-refractivity contribution in [2.75, 3.05) is 6.61 Å². The van der Waals surface area contributed by atoms with Gasteiger partial charge in [-0.15, -0.1) is 0 Å². The van der Waals surface area contributed by atoms with Crippen LogP contribution in [-0.4, -0.2) is 17.6 Å². The topological polar surface area (TPSA) is 39.2 Å². The molecule has 6 heteroatoms. The number of fused-ring (bicyclic) bond motifs is 1. The van der Waals surface area contributed by atoms with Gasteiger partial charge in [0.05, 0.1) is 24.1 Å². The Morgan fingerprint density at radius 1 is 0.938 bits per heavy atom. The molecule has 3 nitrogen and oxygen atoms in total. The van der Waals surface area contributed by atoms with Gasteiger partial charge in [-0.1, -0.05) is 66.7 Å². The number of ether oxygens (including phenoxy) is 1. The molecule has 0 N–H and O–H groups in total. The zero-order chi connectivity index (χ0) is 22.7. The molecular formula is C26H20F3NO2. The van der Waals surface area contributed by atoms with E-state index < -0.39 is 11.7 Å². The zero-order valence-corrected chi connectivity index (χ0v) is 17.3. The molecular weight excluding hydrogens is 415 g/mol. The zero-order valence-electron chi connectivity index (χ0n) is 17.3. The second kappa shape index (κ2) is 8.83. The Bertz CT molecular complexity index is 1270. The minimum atomic E-state index is -4.52. The third-order valence-corrected chi connectivity index (χ3v) is 5.16. The van der Waals surface area contributed by atoms with Crippen molar-refractivity contribution >= 4 is 16.9 Å². The fourth-order valence-corrected chi connectivity index (χ4v) is 3.81. The minimum Gasteiger partial charge on any atom is -0.466 e. The predicted octanol–water partition coefficient (Wildman–Crippen LogP) is 6.69. The first kappa shape index (κ1) is 21.6. The summed E-state index contributed by atoms with van der Waals surface area (Å²) in [4.78, 5) is 16.2. The first-order valence-electron chi connectivity index (χ1n) is 10.2. The molecule has 0 spiro atoms. The molecule has 0 saturated carbocycles. The Labute approximate surface area is 183 Å². The predicted molar refractivity (Wildman–Crippen MR) is 118 cm³/mol. The third kappa shape index (κ3) is 4.35. The first-order chi connectivity index (χ1) is 15.4. The van der Waals surface area contributed by atoms with Gasteiger partial charge in [-0.3, -0.25) is 9.78 Å². The monoisotopic (exact) mass is 435 g/mol. The first-order valence-corrected chi connectivity index (χ1v) is 10.2. The van der Waals surface area contributed by atoms with Crippen molar-refractivity contribution in [3.63, 3.8) is 0 Å². The van der Waals surface area contributed by atoms with Gasteiger partial charge in [0.2, 0.25) is 0 Å². The number of hydrogen-bond acceptors (Lipinski definition) is 3. The summed E-state index contributed by atoms with van der Waals surface area (Å²) in [6, 6.07) is 20.7. The molecule has 1 heterocycles. The normalized spacial score (nSPS) is 11.5. The van der Waals surface area contributed by atoms with Crippen LogP contribution < -0.4 is 0 Å². The summed E-state index contributed by atoms with van der Waals surface area (Å²) in [5.74, 6) is -0.355. The van der Waals surface area contributed by atoms with Crippen LogP contribution in [0.4, 0.5) is 13.2 Å². The number of halogens is 3. The van der Waals surface area contributed by atoms with E-state index in [1.165, 1.54) is 12.3 Å². The van der Waals surface area contributed by atoms with Crippen LogP contribution in [0.2, 0.25) is 0 Å². The van der Waals surface area contributed by atoms with E-state index in [2.05, 4.69) is 4.98 Å². The van der Waals surface area contributed by atoms with Crippen molar-refractivity contribution < 1.29 is 22.7 Å². The molecule has 0 aliphatic rings. The second-order valence-electron chi connectivity index (χ2n) is 7.29. The summed E-state index contributed by atoms with van der Waals surface area (Å²) < 4.78 is 46.0. The van der Waals surface area contributed by atoms with E-state index >= 15 is 0 Å². The molecule has 4 aromatic rings. The van der Waals surface area contributed by atoms with Gasteiger partial charge in [0.1, 0.15) is 0 Å². The lowest BCUT2D eigenvalue weighted by molar-refractivity contribution is -0.142. The summed E-state index contributed by atoms with van der Waals surface area (Å²) in [6.45, 7) is 2.02. The number of pyridine rings is 1. The smallest absolute Gasteiger partial charge is 0.418 e. The second-order valence-corrected chi connectivity index (χ2v) is 7.29. The molecule has 1 aromatic heterocycles. The molecule has 0 bridgehead atoms. The highest BCUT2D eigenvalue weighted by Gasteiger charge is 2.33. The molecule has 3 aromatic carbocycles. The summed E-state index contributed by atoms with van der Waals surface area (Å²) in [5, 5.41) is 0.398. The fraction of sp³-hybridized carbons (Fsp3) is 0.154. The van der Waals surface area contributed by atoms with Gasteiger partial charge in [0, 0.05) is 22.7 Å². The number of nitrogens with zero attached hydrogens (tertiary/aromatic N) is 1. The molecule has 0 saturated heterocycles. The molecule has 0 aliphatic heterocycles. The average Bonchev–Trinajstić information content (AvgIpc) is 2.78. The minimum absolute atomic E-state index is 0.0825. The Kier molecular flexibility index (Phi) is 5.95. The van der Waals surface area contributed by atoms with Crippen molar-refractivity contribution in [1.82, 2.24) is 4.98 Å². The van der Waals surface area contributed by atoms with Crippen molar-refractivity contribution in [2.45, 2.75) is 19.5 Å². The Hall–Kier alpha value is -3.67. The quantitative estimate of drug-likeness (QED) is 0.328. The summed E-state index contributed by atoms with van der Waals surface area (Å²) >= 11 is 0. The van der Waals surface area contributed by atoms with Gasteiger partial charge in [0.25, 0.3) is 0 Å². The van der Waals surface area contributed by atoms with Crippen LogP contribution in [-0.2, 0) is 22.1 Å². The molecule has 162 valence electrons. The molecule has 0 unspecified atom stereocenters. The van der Waals surface area contributed by atoms with E-state index in [-0.39, 0.29) is 24.5 Å². The maximum absolute atomic E-state index is 13.7. The molecule has 32 heavy (non-hydrogen) atoms. The van der Waals surface area contributed by atoms with E-state index in [0.717, 1.165) is 17.2 Å². The van der Waals surface area contributed by atoms with Crippen LogP contribution >= 0.6 is 0 Å². The molecule has 0 atom stereocenters. The Balaban J connectivity index is 1.97. The number of rotatable bonds is 5. The van der Waals surface area contributed by atoms with Crippen LogP contribution in [0.3, 0.4) is 0 Å². The number of alkyl halides is 3. The Morgan fingerprint density at radius 2 is 1.66 bits per heavy atom. The fourth-order valence-electron chi connectivity index (χ4n) is 3.81. The van der Waals surface area contributed by atoms with Crippen molar-refractivity contribution in [3.05, 3.63) is 90.1 Å². The third-order valence-electron chi connectivity index (χ3n) is 5.16. The van der Waals surface area contributed by atoms with E-state index in [1.807, 2.05) is 42.5 Å². The van der Waals surface area contributed by atoms with Gasteiger partial charge in [-0.25, -0.2) is 0 Å². The maximum atomic E-state index is 13.7.